The fourth-order valence-electron chi connectivity index (χ4n) is 3.28. The van der Waals surface area contributed by atoms with Crippen LogP contribution in [0.25, 0.3) is 5.65 Å². The number of rotatable bonds is 3. The summed E-state index contributed by atoms with van der Waals surface area (Å²) in [7, 11) is 0. The molecule has 0 fully saturated rings. The number of fused-ring (bicyclic) bond motifs is 3. The van der Waals surface area contributed by atoms with Crippen LogP contribution in [0.1, 0.15) is 55.1 Å². The van der Waals surface area contributed by atoms with Crippen molar-refractivity contribution in [3.8, 4) is 0 Å². The maximum absolute atomic E-state index is 4.85. The van der Waals surface area contributed by atoms with Gasteiger partial charge in [-0.1, -0.05) is 13.8 Å². The molecule has 0 saturated carbocycles. The van der Waals surface area contributed by atoms with Gasteiger partial charge in [0.15, 0.2) is 5.65 Å². The van der Waals surface area contributed by atoms with E-state index in [9.17, 15) is 0 Å². The van der Waals surface area contributed by atoms with Crippen LogP contribution in [0.5, 0.6) is 0 Å². The second-order valence-electron chi connectivity index (χ2n) is 5.45. The normalized spacial score (nSPS) is 14.2. The van der Waals surface area contributed by atoms with Gasteiger partial charge in [-0.2, -0.15) is 9.61 Å². The van der Waals surface area contributed by atoms with Gasteiger partial charge in [0.05, 0.1) is 5.69 Å². The number of hydrogen-bond donors (Lipinski definition) is 1. The van der Waals surface area contributed by atoms with E-state index in [2.05, 4.69) is 33.0 Å². The first kappa shape index (κ1) is 12.5. The lowest BCUT2D eigenvalue weighted by Gasteiger charge is -2.12. The van der Waals surface area contributed by atoms with Gasteiger partial charge in [0.2, 0.25) is 0 Å². The van der Waals surface area contributed by atoms with Gasteiger partial charge in [-0.25, -0.2) is 4.98 Å². The predicted octanol–water partition coefficient (Wildman–Crippen LogP) is 3.22. The Labute approximate surface area is 114 Å². The first-order valence-corrected chi connectivity index (χ1v) is 7.29. The number of anilines is 1. The van der Waals surface area contributed by atoms with Crippen LogP contribution in [0.2, 0.25) is 0 Å². The largest absolute Gasteiger partial charge is 0.369 e. The fraction of sp³-hybridized carbons (Fsp3) is 0.600. The number of nitrogens with one attached hydrogen (secondary N) is 1. The highest BCUT2D eigenvalue weighted by Crippen LogP contribution is 2.33. The Morgan fingerprint density at radius 3 is 2.63 bits per heavy atom. The molecule has 19 heavy (non-hydrogen) atoms. The zero-order chi connectivity index (χ0) is 13.6. The van der Waals surface area contributed by atoms with Crippen molar-refractivity contribution >= 4 is 11.5 Å². The van der Waals surface area contributed by atoms with Crippen molar-refractivity contribution in [1.82, 2.24) is 14.6 Å². The summed E-state index contributed by atoms with van der Waals surface area (Å²) in [5.74, 6) is 1.71. The molecule has 1 aliphatic rings. The van der Waals surface area contributed by atoms with Gasteiger partial charge in [-0.05, 0) is 39.0 Å². The molecule has 0 amide bonds. The second-order valence-corrected chi connectivity index (χ2v) is 5.45. The summed E-state index contributed by atoms with van der Waals surface area (Å²) in [5, 5.41) is 8.19. The molecule has 4 nitrogen and oxygen atoms in total. The highest BCUT2D eigenvalue weighted by molar-refractivity contribution is 5.63. The lowest BCUT2D eigenvalue weighted by Crippen LogP contribution is -2.03. The second kappa shape index (κ2) is 4.51. The van der Waals surface area contributed by atoms with Gasteiger partial charge < -0.3 is 5.32 Å². The van der Waals surface area contributed by atoms with Gasteiger partial charge in [-0.15, -0.1) is 0 Å². The summed E-state index contributed by atoms with van der Waals surface area (Å²) in [5.41, 5.74) is 6.00. The van der Waals surface area contributed by atoms with E-state index in [1.54, 1.807) is 0 Å². The molecule has 0 aliphatic carbocycles. The first-order valence-electron chi connectivity index (χ1n) is 7.29. The Hall–Kier alpha value is -1.58. The zero-order valence-electron chi connectivity index (χ0n) is 12.2. The molecule has 2 aromatic heterocycles. The lowest BCUT2D eigenvalue weighted by atomic mass is 9.94. The van der Waals surface area contributed by atoms with Gasteiger partial charge in [-0.3, -0.25) is 0 Å². The van der Waals surface area contributed by atoms with Crippen molar-refractivity contribution in [3.63, 3.8) is 0 Å². The Morgan fingerprint density at radius 1 is 1.21 bits per heavy atom. The zero-order valence-corrected chi connectivity index (χ0v) is 12.2. The van der Waals surface area contributed by atoms with Crippen LogP contribution in [0.3, 0.4) is 0 Å². The summed E-state index contributed by atoms with van der Waals surface area (Å²) in [6.45, 7) is 9.71. The molecule has 0 spiro atoms. The fourth-order valence-corrected chi connectivity index (χ4v) is 3.28. The molecule has 0 bridgehead atoms. The molecule has 0 unspecified atom stereocenters. The molecule has 1 aliphatic heterocycles. The molecular weight excluding hydrogens is 236 g/mol. The molecule has 3 rings (SSSR count). The van der Waals surface area contributed by atoms with Crippen LogP contribution in [-0.4, -0.2) is 21.1 Å². The van der Waals surface area contributed by atoms with Gasteiger partial charge in [0, 0.05) is 23.4 Å². The number of aromatic nitrogens is 3. The SMILES string of the molecule is CCC(CC)c1c(C)nn2c3c(c(C)nc12)CCN3. The summed E-state index contributed by atoms with van der Waals surface area (Å²) in [6.07, 6.45) is 3.34. The third kappa shape index (κ3) is 1.73. The van der Waals surface area contributed by atoms with E-state index in [1.165, 1.54) is 11.1 Å². The molecular formula is C15H22N4. The standard InChI is InChI=1S/C15H22N4/c1-5-11(6-2)13-10(4)18-19-14-12(7-8-16-14)9(3)17-15(13)19/h11,16H,5-8H2,1-4H3. The number of aryl methyl sites for hydroxylation is 2. The summed E-state index contributed by atoms with van der Waals surface area (Å²) < 4.78 is 2.03. The average molecular weight is 258 g/mol. The van der Waals surface area contributed by atoms with Gasteiger partial charge >= 0.3 is 0 Å². The van der Waals surface area contributed by atoms with Crippen molar-refractivity contribution in [2.45, 2.75) is 52.9 Å². The van der Waals surface area contributed by atoms with E-state index in [1.807, 2.05) is 4.52 Å². The highest BCUT2D eigenvalue weighted by Gasteiger charge is 2.24. The molecule has 0 saturated heterocycles. The van der Waals surface area contributed by atoms with Crippen LogP contribution in [-0.2, 0) is 6.42 Å². The maximum atomic E-state index is 4.85. The minimum atomic E-state index is 0.559. The van der Waals surface area contributed by atoms with Crippen LogP contribution in [0.15, 0.2) is 0 Å². The Kier molecular flexibility index (Phi) is 2.96. The molecule has 0 aromatic carbocycles. The number of hydrogen-bond acceptors (Lipinski definition) is 3. The molecule has 3 heterocycles. The average Bonchev–Trinajstić information content (AvgIpc) is 2.98. The van der Waals surface area contributed by atoms with Crippen molar-refractivity contribution in [3.05, 3.63) is 22.5 Å². The molecule has 1 N–H and O–H groups in total. The van der Waals surface area contributed by atoms with Gasteiger partial charge in [0.25, 0.3) is 0 Å². The van der Waals surface area contributed by atoms with E-state index in [4.69, 9.17) is 10.1 Å². The van der Waals surface area contributed by atoms with E-state index in [-0.39, 0.29) is 0 Å². The third-order valence-corrected chi connectivity index (χ3v) is 4.35. The summed E-state index contributed by atoms with van der Waals surface area (Å²) in [6, 6.07) is 0. The van der Waals surface area contributed by atoms with Crippen molar-refractivity contribution in [1.29, 1.82) is 0 Å². The quantitative estimate of drug-likeness (QED) is 0.919. The van der Waals surface area contributed by atoms with E-state index in [0.29, 0.717) is 5.92 Å². The number of nitrogens with zero attached hydrogens (tertiary/aromatic N) is 3. The van der Waals surface area contributed by atoms with Crippen molar-refractivity contribution in [2.75, 3.05) is 11.9 Å². The molecule has 0 radical (unpaired) electrons. The first-order chi connectivity index (χ1) is 9.17. The van der Waals surface area contributed by atoms with Crippen LogP contribution < -0.4 is 5.32 Å². The van der Waals surface area contributed by atoms with Crippen LogP contribution in [0.4, 0.5) is 5.82 Å². The molecule has 0 atom stereocenters. The summed E-state index contributed by atoms with van der Waals surface area (Å²) in [4.78, 5) is 4.85. The van der Waals surface area contributed by atoms with E-state index >= 15 is 0 Å². The Balaban J connectivity index is 2.30. The van der Waals surface area contributed by atoms with Crippen molar-refractivity contribution in [2.24, 2.45) is 0 Å². The minimum absolute atomic E-state index is 0.559. The Bertz CT molecular complexity index is 623. The van der Waals surface area contributed by atoms with E-state index in [0.717, 1.165) is 48.7 Å². The lowest BCUT2D eigenvalue weighted by molar-refractivity contribution is 0.641. The smallest absolute Gasteiger partial charge is 0.161 e. The summed E-state index contributed by atoms with van der Waals surface area (Å²) >= 11 is 0. The minimum Gasteiger partial charge on any atom is -0.369 e. The van der Waals surface area contributed by atoms with E-state index < -0.39 is 0 Å². The van der Waals surface area contributed by atoms with Crippen LogP contribution in [0, 0.1) is 13.8 Å². The van der Waals surface area contributed by atoms with Crippen molar-refractivity contribution < 1.29 is 0 Å². The molecule has 102 valence electrons. The maximum Gasteiger partial charge on any atom is 0.161 e. The monoisotopic (exact) mass is 258 g/mol. The molecule has 4 heteroatoms. The Morgan fingerprint density at radius 2 is 1.95 bits per heavy atom. The molecule has 2 aromatic rings. The predicted molar refractivity (Wildman–Crippen MR) is 78.0 cm³/mol. The topological polar surface area (TPSA) is 42.2 Å². The van der Waals surface area contributed by atoms with Gasteiger partial charge in [0.1, 0.15) is 5.82 Å². The highest BCUT2D eigenvalue weighted by atomic mass is 15.3. The van der Waals surface area contributed by atoms with Crippen LogP contribution >= 0.6 is 0 Å². The third-order valence-electron chi connectivity index (χ3n) is 4.35.